The second-order valence-electron chi connectivity index (χ2n) is 6.30. The van der Waals surface area contributed by atoms with Gasteiger partial charge in [0, 0.05) is 19.1 Å². The first kappa shape index (κ1) is 14.9. The summed E-state index contributed by atoms with van der Waals surface area (Å²) in [6.07, 6.45) is 7.88. The van der Waals surface area contributed by atoms with Gasteiger partial charge in [-0.05, 0) is 31.4 Å². The maximum absolute atomic E-state index is 5.94. The molecule has 1 N–H and O–H groups in total. The number of rotatable bonds is 5. The summed E-state index contributed by atoms with van der Waals surface area (Å²) in [5, 5.41) is 3.49. The largest absolute Gasteiger partial charge is 0.493 e. The normalized spacial score (nSPS) is 21.6. The first-order valence-electron chi connectivity index (χ1n) is 8.29. The van der Waals surface area contributed by atoms with Gasteiger partial charge in [0.05, 0.1) is 18.8 Å². The van der Waals surface area contributed by atoms with Crippen molar-refractivity contribution in [1.82, 2.24) is 5.32 Å². The van der Waals surface area contributed by atoms with Crippen molar-refractivity contribution in [2.45, 2.75) is 50.7 Å². The minimum atomic E-state index is 0.214. The number of benzene rings is 1. The summed E-state index contributed by atoms with van der Waals surface area (Å²) in [5.41, 5.74) is 2.61. The van der Waals surface area contributed by atoms with Gasteiger partial charge in [0.25, 0.3) is 0 Å². The average molecular weight is 289 g/mol. The molecule has 3 heteroatoms. The van der Waals surface area contributed by atoms with Crippen molar-refractivity contribution in [1.29, 1.82) is 0 Å². The van der Waals surface area contributed by atoms with Crippen molar-refractivity contribution in [3.63, 3.8) is 0 Å². The Kier molecular flexibility index (Phi) is 4.81. The zero-order valence-corrected chi connectivity index (χ0v) is 13.2. The van der Waals surface area contributed by atoms with E-state index in [9.17, 15) is 0 Å². The lowest BCUT2D eigenvalue weighted by molar-refractivity contribution is 0.00887. The van der Waals surface area contributed by atoms with E-state index in [2.05, 4.69) is 23.5 Å². The smallest absolute Gasteiger partial charge is 0.127 e. The van der Waals surface area contributed by atoms with Gasteiger partial charge >= 0.3 is 0 Å². The van der Waals surface area contributed by atoms with Crippen LogP contribution in [-0.4, -0.2) is 26.9 Å². The fraction of sp³-hybridized carbons (Fsp3) is 0.667. The number of para-hydroxylation sites is 1. The summed E-state index contributed by atoms with van der Waals surface area (Å²) >= 11 is 0. The third-order valence-corrected chi connectivity index (χ3v) is 5.11. The highest BCUT2D eigenvalue weighted by Gasteiger charge is 2.33. The summed E-state index contributed by atoms with van der Waals surface area (Å²) in [4.78, 5) is 0. The number of ether oxygens (including phenoxy) is 2. The van der Waals surface area contributed by atoms with Gasteiger partial charge in [0.15, 0.2) is 0 Å². The van der Waals surface area contributed by atoms with Gasteiger partial charge in [0.2, 0.25) is 0 Å². The third kappa shape index (κ3) is 2.95. The molecule has 1 aromatic carbocycles. The predicted molar refractivity (Wildman–Crippen MR) is 84.8 cm³/mol. The van der Waals surface area contributed by atoms with E-state index in [0.29, 0.717) is 5.92 Å². The van der Waals surface area contributed by atoms with E-state index in [-0.39, 0.29) is 12.1 Å². The van der Waals surface area contributed by atoms with Gasteiger partial charge in [-0.25, -0.2) is 0 Å². The lowest BCUT2D eigenvalue weighted by Gasteiger charge is -2.35. The van der Waals surface area contributed by atoms with Crippen LogP contribution in [0.4, 0.5) is 0 Å². The molecule has 0 radical (unpaired) electrons. The summed E-state index contributed by atoms with van der Waals surface area (Å²) in [5.74, 6) is 1.74. The van der Waals surface area contributed by atoms with Crippen LogP contribution >= 0.6 is 0 Å². The Morgan fingerprint density at radius 1 is 1.24 bits per heavy atom. The van der Waals surface area contributed by atoms with Crippen molar-refractivity contribution >= 4 is 0 Å². The molecule has 2 aliphatic rings. The van der Waals surface area contributed by atoms with Crippen molar-refractivity contribution in [2.75, 3.05) is 20.8 Å². The van der Waals surface area contributed by atoms with Crippen LogP contribution in [0.25, 0.3) is 0 Å². The highest BCUT2D eigenvalue weighted by molar-refractivity contribution is 5.46. The molecule has 1 saturated carbocycles. The van der Waals surface area contributed by atoms with Crippen LogP contribution in [0.1, 0.15) is 49.3 Å². The van der Waals surface area contributed by atoms with Crippen molar-refractivity contribution in [2.24, 2.45) is 5.92 Å². The van der Waals surface area contributed by atoms with Crippen molar-refractivity contribution in [3.05, 3.63) is 29.3 Å². The highest BCUT2D eigenvalue weighted by atomic mass is 16.5. The fourth-order valence-corrected chi connectivity index (χ4v) is 4.05. The lowest BCUT2D eigenvalue weighted by atomic mass is 9.80. The number of hydrogen-bond donors (Lipinski definition) is 1. The maximum atomic E-state index is 5.94. The van der Waals surface area contributed by atoms with Crippen LogP contribution < -0.4 is 10.1 Å². The van der Waals surface area contributed by atoms with E-state index < -0.39 is 0 Å². The Morgan fingerprint density at radius 2 is 2.05 bits per heavy atom. The van der Waals surface area contributed by atoms with E-state index in [0.717, 1.165) is 18.8 Å². The Morgan fingerprint density at radius 3 is 2.76 bits per heavy atom. The number of fused-ring (bicyclic) bond motifs is 1. The Balaban J connectivity index is 1.87. The topological polar surface area (TPSA) is 30.5 Å². The van der Waals surface area contributed by atoms with Crippen LogP contribution in [-0.2, 0) is 11.2 Å². The second kappa shape index (κ2) is 6.80. The minimum Gasteiger partial charge on any atom is -0.493 e. The molecule has 1 fully saturated rings. The molecule has 1 heterocycles. The van der Waals surface area contributed by atoms with Crippen LogP contribution in [0, 0.1) is 5.92 Å². The molecule has 1 aliphatic carbocycles. The van der Waals surface area contributed by atoms with E-state index in [4.69, 9.17) is 9.47 Å². The molecule has 21 heavy (non-hydrogen) atoms. The molecule has 1 aliphatic heterocycles. The summed E-state index contributed by atoms with van der Waals surface area (Å²) in [6, 6.07) is 6.74. The Bertz CT molecular complexity index is 468. The van der Waals surface area contributed by atoms with Crippen LogP contribution in [0.15, 0.2) is 18.2 Å². The van der Waals surface area contributed by atoms with Crippen LogP contribution in [0.3, 0.4) is 0 Å². The molecule has 3 nitrogen and oxygen atoms in total. The molecule has 2 unspecified atom stereocenters. The lowest BCUT2D eigenvalue weighted by Crippen LogP contribution is -2.37. The minimum absolute atomic E-state index is 0.214. The zero-order chi connectivity index (χ0) is 14.7. The Labute approximate surface area is 128 Å². The van der Waals surface area contributed by atoms with Crippen LogP contribution in [0.2, 0.25) is 0 Å². The standard InChI is InChI=1S/C18H27NO2/c1-19-16(18(20-2)13-7-4-3-5-8-13)15-10-6-9-14-11-12-21-17(14)15/h6,9-10,13,16,18-19H,3-5,7-8,11-12H2,1-2H3. The van der Waals surface area contributed by atoms with Gasteiger partial charge in [-0.3, -0.25) is 0 Å². The van der Waals surface area contributed by atoms with E-state index in [1.165, 1.54) is 43.2 Å². The highest BCUT2D eigenvalue weighted by Crippen LogP contribution is 2.39. The van der Waals surface area contributed by atoms with E-state index in [1.54, 1.807) is 0 Å². The molecular formula is C18H27NO2. The second-order valence-corrected chi connectivity index (χ2v) is 6.30. The molecule has 2 atom stereocenters. The summed E-state index contributed by atoms with van der Waals surface area (Å²) in [6.45, 7) is 0.809. The Hall–Kier alpha value is -1.06. The van der Waals surface area contributed by atoms with Gasteiger partial charge in [-0.1, -0.05) is 37.5 Å². The average Bonchev–Trinajstić information content (AvgIpc) is 3.02. The molecule has 0 bridgehead atoms. The molecule has 116 valence electrons. The zero-order valence-electron chi connectivity index (χ0n) is 13.2. The van der Waals surface area contributed by atoms with Gasteiger partial charge in [-0.2, -0.15) is 0 Å². The molecule has 0 spiro atoms. The van der Waals surface area contributed by atoms with Gasteiger partial charge in [0.1, 0.15) is 5.75 Å². The molecule has 0 saturated heterocycles. The number of nitrogens with one attached hydrogen (secondary N) is 1. The van der Waals surface area contributed by atoms with Gasteiger partial charge in [-0.15, -0.1) is 0 Å². The van der Waals surface area contributed by atoms with E-state index in [1.807, 2.05) is 14.2 Å². The molecule has 0 amide bonds. The summed E-state index contributed by atoms with van der Waals surface area (Å²) < 4.78 is 11.8. The van der Waals surface area contributed by atoms with E-state index >= 15 is 0 Å². The molecule has 0 aromatic heterocycles. The number of hydrogen-bond acceptors (Lipinski definition) is 3. The summed E-state index contributed by atoms with van der Waals surface area (Å²) in [7, 11) is 3.89. The first-order chi connectivity index (χ1) is 10.3. The van der Waals surface area contributed by atoms with Crippen molar-refractivity contribution < 1.29 is 9.47 Å². The molecular weight excluding hydrogens is 262 g/mol. The quantitative estimate of drug-likeness (QED) is 0.900. The number of likely N-dealkylation sites (N-methyl/N-ethyl adjacent to an activating group) is 1. The van der Waals surface area contributed by atoms with Crippen LogP contribution in [0.5, 0.6) is 5.75 Å². The fourth-order valence-electron chi connectivity index (χ4n) is 4.05. The SMILES string of the molecule is CNC(c1cccc2c1OCC2)C(OC)C1CCCCC1. The maximum Gasteiger partial charge on any atom is 0.127 e. The monoisotopic (exact) mass is 289 g/mol. The number of methoxy groups -OCH3 is 1. The molecule has 3 rings (SSSR count). The first-order valence-corrected chi connectivity index (χ1v) is 8.29. The third-order valence-electron chi connectivity index (χ3n) is 5.11. The van der Waals surface area contributed by atoms with Gasteiger partial charge < -0.3 is 14.8 Å². The molecule has 1 aromatic rings. The van der Waals surface area contributed by atoms with Crippen molar-refractivity contribution in [3.8, 4) is 5.75 Å². The predicted octanol–water partition coefficient (Wildman–Crippen LogP) is 3.48.